The van der Waals surface area contributed by atoms with E-state index in [1.165, 1.54) is 11.1 Å². The summed E-state index contributed by atoms with van der Waals surface area (Å²) in [6.07, 6.45) is 2.07. The lowest BCUT2D eigenvalue weighted by molar-refractivity contribution is -0.137. The predicted molar refractivity (Wildman–Crippen MR) is 92.3 cm³/mol. The highest BCUT2D eigenvalue weighted by molar-refractivity contribution is 5.77. The Balaban J connectivity index is 2.14. The van der Waals surface area contributed by atoms with Gasteiger partial charge >= 0.3 is 0 Å². The van der Waals surface area contributed by atoms with Crippen molar-refractivity contribution in [1.82, 2.24) is 9.47 Å². The molecule has 4 heteroatoms. The van der Waals surface area contributed by atoms with E-state index >= 15 is 0 Å². The fourth-order valence-electron chi connectivity index (χ4n) is 2.69. The van der Waals surface area contributed by atoms with Crippen LogP contribution in [0.2, 0.25) is 0 Å². The van der Waals surface area contributed by atoms with Gasteiger partial charge in [-0.3, -0.25) is 4.79 Å². The van der Waals surface area contributed by atoms with Crippen LogP contribution < -0.4 is 0 Å². The van der Waals surface area contributed by atoms with E-state index in [1.54, 1.807) is 7.11 Å². The maximum atomic E-state index is 12.2. The van der Waals surface area contributed by atoms with E-state index in [9.17, 15) is 4.79 Å². The number of benzene rings is 1. The molecule has 2 aromatic rings. The first-order valence-electron chi connectivity index (χ1n) is 7.99. The number of carbonyl (C=O) groups is 1. The van der Waals surface area contributed by atoms with Gasteiger partial charge in [-0.2, -0.15) is 0 Å². The van der Waals surface area contributed by atoms with Crippen LogP contribution in [0.15, 0.2) is 42.6 Å². The third-order valence-electron chi connectivity index (χ3n) is 3.90. The smallest absolute Gasteiger partial charge is 0.249 e. The monoisotopic (exact) mass is 314 g/mol. The summed E-state index contributed by atoms with van der Waals surface area (Å²) < 4.78 is 7.19. The molecule has 0 fully saturated rings. The standard InChI is InChI=1S/C19H26N2O2/c1-15(2)21(19(22)14-23-4)13-18-9-6-10-20(18)12-17-8-5-7-16(3)11-17/h5-11,15H,12-14H2,1-4H3. The molecule has 124 valence electrons. The molecule has 0 saturated carbocycles. The van der Waals surface area contributed by atoms with Crippen LogP contribution in [-0.4, -0.2) is 35.1 Å². The molecule has 1 aromatic carbocycles. The number of aryl methyl sites for hydroxylation is 1. The first kappa shape index (κ1) is 17.3. The van der Waals surface area contributed by atoms with Gasteiger partial charge in [-0.15, -0.1) is 0 Å². The van der Waals surface area contributed by atoms with Crippen molar-refractivity contribution < 1.29 is 9.53 Å². The minimum atomic E-state index is 0.0193. The van der Waals surface area contributed by atoms with Crippen LogP contribution >= 0.6 is 0 Å². The van der Waals surface area contributed by atoms with Crippen molar-refractivity contribution in [3.05, 3.63) is 59.4 Å². The van der Waals surface area contributed by atoms with Gasteiger partial charge in [0.1, 0.15) is 6.61 Å². The molecule has 0 aliphatic heterocycles. The number of carbonyl (C=O) groups excluding carboxylic acids is 1. The number of methoxy groups -OCH3 is 1. The molecule has 0 N–H and O–H groups in total. The molecule has 4 nitrogen and oxygen atoms in total. The van der Waals surface area contributed by atoms with Crippen molar-refractivity contribution >= 4 is 5.91 Å². The predicted octanol–water partition coefficient (Wildman–Crippen LogP) is 3.23. The van der Waals surface area contributed by atoms with E-state index in [2.05, 4.69) is 48.0 Å². The van der Waals surface area contributed by atoms with Crippen LogP contribution in [0.5, 0.6) is 0 Å². The van der Waals surface area contributed by atoms with Crippen molar-refractivity contribution in [1.29, 1.82) is 0 Å². The molecule has 2 rings (SSSR count). The second kappa shape index (κ2) is 7.97. The Bertz CT molecular complexity index is 646. The Kier molecular flexibility index (Phi) is 5.99. The number of hydrogen-bond acceptors (Lipinski definition) is 2. The zero-order valence-corrected chi connectivity index (χ0v) is 14.5. The number of hydrogen-bond donors (Lipinski definition) is 0. The van der Waals surface area contributed by atoms with E-state index in [0.717, 1.165) is 12.2 Å². The molecule has 0 bridgehead atoms. The lowest BCUT2D eigenvalue weighted by atomic mass is 10.1. The van der Waals surface area contributed by atoms with Gasteiger partial charge in [-0.25, -0.2) is 0 Å². The molecule has 23 heavy (non-hydrogen) atoms. The maximum absolute atomic E-state index is 12.2. The van der Waals surface area contributed by atoms with Gasteiger partial charge in [0, 0.05) is 31.6 Å². The Morgan fingerprint density at radius 1 is 1.26 bits per heavy atom. The molecule has 0 radical (unpaired) electrons. The number of nitrogens with zero attached hydrogens (tertiary/aromatic N) is 2. The largest absolute Gasteiger partial charge is 0.375 e. The van der Waals surface area contributed by atoms with Crippen molar-refractivity contribution in [3.8, 4) is 0 Å². The highest BCUT2D eigenvalue weighted by atomic mass is 16.5. The van der Waals surface area contributed by atoms with Crippen molar-refractivity contribution in [3.63, 3.8) is 0 Å². The molecule has 0 aliphatic rings. The van der Waals surface area contributed by atoms with Crippen LogP contribution in [0.4, 0.5) is 0 Å². The third-order valence-corrected chi connectivity index (χ3v) is 3.90. The van der Waals surface area contributed by atoms with Gasteiger partial charge in [-0.1, -0.05) is 29.8 Å². The number of rotatable bonds is 7. The van der Waals surface area contributed by atoms with E-state index in [0.29, 0.717) is 6.54 Å². The molecule has 0 saturated heterocycles. The Morgan fingerprint density at radius 3 is 2.70 bits per heavy atom. The van der Waals surface area contributed by atoms with E-state index in [1.807, 2.05) is 24.8 Å². The van der Waals surface area contributed by atoms with Crippen molar-refractivity contribution in [2.45, 2.75) is 39.9 Å². The minimum Gasteiger partial charge on any atom is -0.375 e. The summed E-state index contributed by atoms with van der Waals surface area (Å²) in [5.74, 6) is 0.0193. The topological polar surface area (TPSA) is 34.5 Å². The minimum absolute atomic E-state index is 0.0193. The molecule has 0 aliphatic carbocycles. The molecule has 0 unspecified atom stereocenters. The van der Waals surface area contributed by atoms with E-state index in [-0.39, 0.29) is 18.6 Å². The maximum Gasteiger partial charge on any atom is 0.249 e. The number of aromatic nitrogens is 1. The second-order valence-electron chi connectivity index (χ2n) is 6.16. The van der Waals surface area contributed by atoms with Crippen LogP contribution in [0.1, 0.15) is 30.7 Å². The third kappa shape index (κ3) is 4.70. The van der Waals surface area contributed by atoms with Gasteiger partial charge in [-0.05, 0) is 38.5 Å². The first-order chi connectivity index (χ1) is 11.0. The Hall–Kier alpha value is -2.07. The lowest BCUT2D eigenvalue weighted by Crippen LogP contribution is -2.39. The quantitative estimate of drug-likeness (QED) is 0.786. The molecule has 1 amide bonds. The van der Waals surface area contributed by atoms with Gasteiger partial charge in [0.15, 0.2) is 0 Å². The first-order valence-corrected chi connectivity index (χ1v) is 7.99. The van der Waals surface area contributed by atoms with E-state index in [4.69, 9.17) is 4.74 Å². The second-order valence-corrected chi connectivity index (χ2v) is 6.16. The molecular weight excluding hydrogens is 288 g/mol. The highest BCUT2D eigenvalue weighted by Gasteiger charge is 2.18. The SMILES string of the molecule is COCC(=O)N(Cc1cccn1Cc1cccc(C)c1)C(C)C. The number of amides is 1. The average molecular weight is 314 g/mol. The fraction of sp³-hybridized carbons (Fsp3) is 0.421. The highest BCUT2D eigenvalue weighted by Crippen LogP contribution is 2.13. The van der Waals surface area contributed by atoms with Gasteiger partial charge < -0.3 is 14.2 Å². The van der Waals surface area contributed by atoms with Gasteiger partial charge in [0.25, 0.3) is 0 Å². The van der Waals surface area contributed by atoms with Crippen molar-refractivity contribution in [2.75, 3.05) is 13.7 Å². The zero-order valence-electron chi connectivity index (χ0n) is 14.5. The molecule has 1 heterocycles. The van der Waals surface area contributed by atoms with Crippen LogP contribution in [0.25, 0.3) is 0 Å². The average Bonchev–Trinajstić information content (AvgIpc) is 2.91. The van der Waals surface area contributed by atoms with Gasteiger partial charge in [0.2, 0.25) is 5.91 Å². The summed E-state index contributed by atoms with van der Waals surface area (Å²) in [5, 5.41) is 0. The Morgan fingerprint density at radius 2 is 2.04 bits per heavy atom. The van der Waals surface area contributed by atoms with Gasteiger partial charge in [0.05, 0.1) is 6.54 Å². The van der Waals surface area contributed by atoms with E-state index < -0.39 is 0 Å². The molecular formula is C19H26N2O2. The summed E-state index contributed by atoms with van der Waals surface area (Å²) in [5.41, 5.74) is 3.65. The Labute approximate surface area is 138 Å². The molecule has 0 atom stereocenters. The summed E-state index contributed by atoms with van der Waals surface area (Å²) in [6, 6.07) is 12.8. The fourth-order valence-corrected chi connectivity index (χ4v) is 2.69. The zero-order chi connectivity index (χ0) is 16.8. The van der Waals surface area contributed by atoms with Crippen LogP contribution in [-0.2, 0) is 22.6 Å². The van der Waals surface area contributed by atoms with Crippen LogP contribution in [0.3, 0.4) is 0 Å². The van der Waals surface area contributed by atoms with Crippen LogP contribution in [0, 0.1) is 6.92 Å². The van der Waals surface area contributed by atoms with Crippen molar-refractivity contribution in [2.24, 2.45) is 0 Å². The molecule has 0 spiro atoms. The summed E-state index contributed by atoms with van der Waals surface area (Å²) in [6.45, 7) is 7.69. The number of ether oxygens (including phenoxy) is 1. The normalized spacial score (nSPS) is 11.0. The summed E-state index contributed by atoms with van der Waals surface area (Å²) >= 11 is 0. The molecule has 1 aromatic heterocycles. The summed E-state index contributed by atoms with van der Waals surface area (Å²) in [7, 11) is 1.55. The summed E-state index contributed by atoms with van der Waals surface area (Å²) in [4.78, 5) is 14.1. The lowest BCUT2D eigenvalue weighted by Gasteiger charge is -2.27.